The van der Waals surface area contributed by atoms with Crippen molar-refractivity contribution in [2.75, 3.05) is 13.6 Å². The zero-order chi connectivity index (χ0) is 19.9. The van der Waals surface area contributed by atoms with Crippen molar-refractivity contribution < 1.29 is 4.79 Å². The molecule has 0 unspecified atom stereocenters. The topological polar surface area (TPSA) is 69.6 Å². The van der Waals surface area contributed by atoms with Crippen molar-refractivity contribution in [1.29, 1.82) is 0 Å². The third kappa shape index (κ3) is 6.67. The van der Waals surface area contributed by atoms with Crippen LogP contribution in [0.3, 0.4) is 0 Å². The largest absolute Gasteiger partial charge is 0.356 e. The number of carbonyl (C=O) groups is 1. The number of halogens is 1. The van der Waals surface area contributed by atoms with E-state index >= 15 is 0 Å². The minimum Gasteiger partial charge on any atom is -0.356 e. The lowest BCUT2D eigenvalue weighted by Gasteiger charge is -2.16. The van der Waals surface area contributed by atoms with Gasteiger partial charge in [-0.3, -0.25) is 9.79 Å². The van der Waals surface area contributed by atoms with E-state index in [1.807, 2.05) is 17.0 Å². The lowest BCUT2D eigenvalue weighted by atomic mass is 10.1. The highest BCUT2D eigenvalue weighted by atomic mass is 127. The molecule has 1 aromatic heterocycles. The van der Waals surface area contributed by atoms with E-state index in [1.165, 1.54) is 11.1 Å². The second-order valence-corrected chi connectivity index (χ2v) is 8.24. The fourth-order valence-corrected chi connectivity index (χ4v) is 4.06. The Morgan fingerprint density at radius 3 is 2.52 bits per heavy atom. The Morgan fingerprint density at radius 1 is 1.24 bits per heavy atom. The number of benzene rings is 1. The molecule has 1 aromatic carbocycles. The summed E-state index contributed by atoms with van der Waals surface area (Å²) in [5.74, 6) is 1.40. The minimum absolute atomic E-state index is 0. The second kappa shape index (κ2) is 11.5. The summed E-state index contributed by atoms with van der Waals surface area (Å²) in [6, 6.07) is 8.27. The number of hydrogen-bond donors (Lipinski definition) is 2. The minimum atomic E-state index is 0. The number of nitrogens with one attached hydrogen (secondary N) is 2. The Labute approximate surface area is 194 Å². The summed E-state index contributed by atoms with van der Waals surface area (Å²) in [5, 5.41) is 9.72. The lowest BCUT2D eigenvalue weighted by Crippen LogP contribution is -2.37. The molecule has 0 saturated carbocycles. The van der Waals surface area contributed by atoms with Crippen LogP contribution in [0.15, 0.2) is 34.6 Å². The highest BCUT2D eigenvalue weighted by Gasteiger charge is 2.22. The molecule has 0 radical (unpaired) electrons. The van der Waals surface area contributed by atoms with E-state index in [0.29, 0.717) is 25.4 Å². The summed E-state index contributed by atoms with van der Waals surface area (Å²) in [7, 11) is 1.75. The van der Waals surface area contributed by atoms with Crippen molar-refractivity contribution in [1.82, 2.24) is 20.5 Å². The van der Waals surface area contributed by atoms with Crippen molar-refractivity contribution in [3.05, 3.63) is 51.5 Å². The molecule has 158 valence electrons. The van der Waals surface area contributed by atoms with E-state index < -0.39 is 0 Å². The predicted molar refractivity (Wildman–Crippen MR) is 130 cm³/mol. The van der Waals surface area contributed by atoms with Crippen LogP contribution in [0.5, 0.6) is 0 Å². The van der Waals surface area contributed by atoms with Crippen LogP contribution in [-0.2, 0) is 24.4 Å². The third-order valence-electron chi connectivity index (χ3n) is 4.85. The smallest absolute Gasteiger partial charge is 0.223 e. The standard InChI is InChI=1S/C21H29N5OS.HI/c1-15(2)18-14-28-19(25-18)11-24-21(22-3)23-10-6-9-20(27)26-12-16-7-4-5-8-17(16)13-26;/h4-5,7-8,14-15H,6,9-13H2,1-3H3,(H2,22,23,24);1H. The number of carbonyl (C=O) groups excluding carboxylic acids is 1. The van der Waals surface area contributed by atoms with E-state index in [9.17, 15) is 4.79 Å². The van der Waals surface area contributed by atoms with Gasteiger partial charge in [0.2, 0.25) is 5.91 Å². The maximum Gasteiger partial charge on any atom is 0.223 e. The van der Waals surface area contributed by atoms with Crippen molar-refractivity contribution in [3.63, 3.8) is 0 Å². The summed E-state index contributed by atoms with van der Waals surface area (Å²) in [6.45, 7) is 7.13. The second-order valence-electron chi connectivity index (χ2n) is 7.30. The Hall–Kier alpha value is -1.68. The number of nitrogens with zero attached hydrogens (tertiary/aromatic N) is 3. The number of amides is 1. The van der Waals surface area contributed by atoms with E-state index in [1.54, 1.807) is 18.4 Å². The van der Waals surface area contributed by atoms with Crippen molar-refractivity contribution >= 4 is 47.2 Å². The predicted octanol–water partition coefficient (Wildman–Crippen LogP) is 3.87. The molecule has 0 atom stereocenters. The van der Waals surface area contributed by atoms with Gasteiger partial charge < -0.3 is 15.5 Å². The fraction of sp³-hybridized carbons (Fsp3) is 0.476. The van der Waals surface area contributed by atoms with Gasteiger partial charge in [-0.1, -0.05) is 38.1 Å². The summed E-state index contributed by atoms with van der Waals surface area (Å²) in [5.41, 5.74) is 3.66. The summed E-state index contributed by atoms with van der Waals surface area (Å²) >= 11 is 1.66. The molecule has 6 nitrogen and oxygen atoms in total. The number of hydrogen-bond acceptors (Lipinski definition) is 4. The van der Waals surface area contributed by atoms with Crippen LogP contribution in [-0.4, -0.2) is 35.3 Å². The maximum absolute atomic E-state index is 12.4. The molecule has 1 aliphatic heterocycles. The number of aromatic nitrogens is 1. The van der Waals surface area contributed by atoms with Gasteiger partial charge in [-0.15, -0.1) is 35.3 Å². The molecule has 2 heterocycles. The first-order valence-electron chi connectivity index (χ1n) is 9.80. The highest BCUT2D eigenvalue weighted by Crippen LogP contribution is 2.22. The van der Waals surface area contributed by atoms with Gasteiger partial charge in [0.05, 0.1) is 12.2 Å². The van der Waals surface area contributed by atoms with Crippen LogP contribution in [0.1, 0.15) is 54.4 Å². The van der Waals surface area contributed by atoms with Crippen LogP contribution in [0.2, 0.25) is 0 Å². The number of fused-ring (bicyclic) bond motifs is 1. The average Bonchev–Trinajstić information content (AvgIpc) is 3.34. The zero-order valence-electron chi connectivity index (χ0n) is 17.3. The van der Waals surface area contributed by atoms with Crippen LogP contribution >= 0.6 is 35.3 Å². The first kappa shape index (κ1) is 23.6. The third-order valence-corrected chi connectivity index (χ3v) is 5.71. The molecule has 0 aliphatic carbocycles. The molecule has 0 fully saturated rings. The molecule has 1 amide bonds. The van der Waals surface area contributed by atoms with Crippen molar-refractivity contribution in [3.8, 4) is 0 Å². The molecule has 0 spiro atoms. The molecule has 8 heteroatoms. The Kier molecular flexibility index (Phi) is 9.35. The highest BCUT2D eigenvalue weighted by molar-refractivity contribution is 14.0. The first-order valence-corrected chi connectivity index (χ1v) is 10.7. The van der Waals surface area contributed by atoms with Gasteiger partial charge in [-0.25, -0.2) is 4.98 Å². The van der Waals surface area contributed by atoms with Gasteiger partial charge in [-0.2, -0.15) is 0 Å². The van der Waals surface area contributed by atoms with E-state index in [0.717, 1.165) is 36.2 Å². The number of thiazole rings is 1. The normalized spacial score (nSPS) is 13.2. The quantitative estimate of drug-likeness (QED) is 0.248. The molecule has 0 saturated heterocycles. The van der Waals surface area contributed by atoms with Gasteiger partial charge in [0.25, 0.3) is 0 Å². The first-order chi connectivity index (χ1) is 13.6. The molecule has 3 rings (SSSR count). The Balaban J connectivity index is 0.00000300. The van der Waals surface area contributed by atoms with Crippen LogP contribution in [0, 0.1) is 0 Å². The number of aliphatic imine (C=N–C) groups is 1. The van der Waals surface area contributed by atoms with E-state index in [2.05, 4.69) is 52.0 Å². The van der Waals surface area contributed by atoms with Crippen LogP contribution in [0.4, 0.5) is 0 Å². The molecule has 1 aliphatic rings. The van der Waals surface area contributed by atoms with Gasteiger partial charge in [0, 0.05) is 38.5 Å². The fourth-order valence-electron chi connectivity index (χ4n) is 3.17. The van der Waals surface area contributed by atoms with Crippen molar-refractivity contribution in [2.45, 2.75) is 52.2 Å². The monoisotopic (exact) mass is 527 g/mol. The van der Waals surface area contributed by atoms with Gasteiger partial charge >= 0.3 is 0 Å². The number of rotatable bonds is 7. The zero-order valence-corrected chi connectivity index (χ0v) is 20.4. The summed E-state index contributed by atoms with van der Waals surface area (Å²) in [6.07, 6.45) is 1.32. The summed E-state index contributed by atoms with van der Waals surface area (Å²) in [4.78, 5) is 23.2. The molecule has 0 bridgehead atoms. The summed E-state index contributed by atoms with van der Waals surface area (Å²) < 4.78 is 0. The van der Waals surface area contributed by atoms with E-state index in [-0.39, 0.29) is 29.9 Å². The molecule has 2 N–H and O–H groups in total. The molecular weight excluding hydrogens is 497 g/mol. The lowest BCUT2D eigenvalue weighted by molar-refractivity contribution is -0.131. The molecular formula is C21H30IN5OS. The van der Waals surface area contributed by atoms with E-state index in [4.69, 9.17) is 0 Å². The average molecular weight is 527 g/mol. The number of guanidine groups is 1. The molecule has 29 heavy (non-hydrogen) atoms. The molecule has 2 aromatic rings. The Morgan fingerprint density at radius 2 is 1.93 bits per heavy atom. The SMILES string of the molecule is CN=C(NCCCC(=O)N1Cc2ccccc2C1)NCc1nc(C(C)C)cs1.I. The van der Waals surface area contributed by atoms with Gasteiger partial charge in [0.15, 0.2) is 5.96 Å². The van der Waals surface area contributed by atoms with Gasteiger partial charge in [-0.05, 0) is 23.5 Å². The van der Waals surface area contributed by atoms with Gasteiger partial charge in [0.1, 0.15) is 5.01 Å². The van der Waals surface area contributed by atoms with Crippen LogP contribution in [0.25, 0.3) is 0 Å². The Bertz CT molecular complexity index is 811. The van der Waals surface area contributed by atoms with Crippen molar-refractivity contribution in [2.24, 2.45) is 4.99 Å². The maximum atomic E-state index is 12.4. The van der Waals surface area contributed by atoms with Crippen LogP contribution < -0.4 is 10.6 Å².